The molecular formula is C33H21NO3. The Morgan fingerprint density at radius 2 is 1.30 bits per heavy atom. The first-order chi connectivity index (χ1) is 18.2. The molecule has 3 aromatic heterocycles. The number of aromatic nitrogens is 1. The predicted molar refractivity (Wildman–Crippen MR) is 149 cm³/mol. The van der Waals surface area contributed by atoms with Gasteiger partial charge in [0.25, 0.3) is 0 Å². The van der Waals surface area contributed by atoms with Gasteiger partial charge in [-0.25, -0.2) is 9.78 Å². The van der Waals surface area contributed by atoms with E-state index in [1.54, 1.807) is 0 Å². The van der Waals surface area contributed by atoms with Gasteiger partial charge in [-0.2, -0.15) is 0 Å². The Morgan fingerprint density at radius 3 is 2.08 bits per heavy atom. The van der Waals surface area contributed by atoms with Crippen LogP contribution in [0.4, 0.5) is 0 Å². The first-order valence-corrected chi connectivity index (χ1v) is 12.2. The summed E-state index contributed by atoms with van der Waals surface area (Å²) in [6.45, 7) is 1.97. The minimum absolute atomic E-state index is 0.334. The van der Waals surface area contributed by atoms with Crippen LogP contribution in [0.15, 0.2) is 123 Å². The molecule has 4 aromatic carbocycles. The second kappa shape index (κ2) is 8.32. The molecule has 0 bridgehead atoms. The van der Waals surface area contributed by atoms with Crippen molar-refractivity contribution in [2.75, 3.05) is 0 Å². The zero-order chi connectivity index (χ0) is 24.9. The van der Waals surface area contributed by atoms with E-state index in [0.29, 0.717) is 11.1 Å². The number of furan rings is 1. The molecule has 0 unspecified atom stereocenters. The van der Waals surface area contributed by atoms with Crippen molar-refractivity contribution in [1.82, 2.24) is 4.98 Å². The van der Waals surface area contributed by atoms with Crippen molar-refractivity contribution < 1.29 is 8.83 Å². The second-order valence-corrected chi connectivity index (χ2v) is 9.16. The van der Waals surface area contributed by atoms with Crippen molar-refractivity contribution in [2.24, 2.45) is 0 Å². The Bertz CT molecular complexity index is 2000. The molecule has 4 heteroatoms. The normalized spacial score (nSPS) is 11.5. The van der Waals surface area contributed by atoms with Crippen LogP contribution in [0.3, 0.4) is 0 Å². The standard InChI is InChI=1S/C33H21NO3/c1-20-25-18-23(16-17-29(25)37-33(35)30(20)22-12-6-3-7-13-22)27-19-26(21-10-4-2-5-11-21)32-31(34-27)24-14-8-9-15-28(24)36-32/h2-19H,1H3. The van der Waals surface area contributed by atoms with Crippen LogP contribution in [-0.4, -0.2) is 4.98 Å². The number of rotatable bonds is 3. The van der Waals surface area contributed by atoms with E-state index in [1.165, 1.54) is 0 Å². The molecular weight excluding hydrogens is 458 g/mol. The van der Waals surface area contributed by atoms with Gasteiger partial charge in [-0.3, -0.25) is 0 Å². The summed E-state index contributed by atoms with van der Waals surface area (Å²) in [4.78, 5) is 17.9. The van der Waals surface area contributed by atoms with Crippen molar-refractivity contribution in [3.63, 3.8) is 0 Å². The van der Waals surface area contributed by atoms with E-state index in [9.17, 15) is 4.79 Å². The van der Waals surface area contributed by atoms with Crippen LogP contribution in [0.2, 0.25) is 0 Å². The first-order valence-electron chi connectivity index (χ1n) is 12.2. The van der Waals surface area contributed by atoms with Crippen LogP contribution in [0.5, 0.6) is 0 Å². The molecule has 7 aromatic rings. The van der Waals surface area contributed by atoms with E-state index >= 15 is 0 Å². The maximum absolute atomic E-state index is 12.9. The number of pyridine rings is 1. The third-order valence-electron chi connectivity index (χ3n) is 6.94. The number of hydrogen-bond donors (Lipinski definition) is 0. The van der Waals surface area contributed by atoms with Crippen molar-refractivity contribution >= 4 is 33.0 Å². The van der Waals surface area contributed by atoms with E-state index in [2.05, 4.69) is 24.3 Å². The summed E-state index contributed by atoms with van der Waals surface area (Å²) in [6, 6.07) is 35.8. The minimum Gasteiger partial charge on any atom is -0.454 e. The summed E-state index contributed by atoms with van der Waals surface area (Å²) in [6.07, 6.45) is 0. The van der Waals surface area contributed by atoms with Gasteiger partial charge in [0.2, 0.25) is 0 Å². The lowest BCUT2D eigenvalue weighted by molar-refractivity contribution is 0.562. The number of fused-ring (bicyclic) bond motifs is 4. The summed E-state index contributed by atoms with van der Waals surface area (Å²) in [5.74, 6) is 0. The fraction of sp³-hybridized carbons (Fsp3) is 0.0303. The molecule has 37 heavy (non-hydrogen) atoms. The third-order valence-corrected chi connectivity index (χ3v) is 6.94. The number of hydrogen-bond acceptors (Lipinski definition) is 4. The SMILES string of the molecule is Cc1c(-c2ccccc2)c(=O)oc2ccc(-c3cc(-c4ccccc4)c4oc5ccccc5c4n3)cc12. The summed E-state index contributed by atoms with van der Waals surface area (Å²) < 4.78 is 12.0. The number of benzene rings is 4. The molecule has 0 aliphatic heterocycles. The van der Waals surface area contributed by atoms with Crippen molar-refractivity contribution in [2.45, 2.75) is 6.92 Å². The average molecular weight is 480 g/mol. The van der Waals surface area contributed by atoms with Crippen molar-refractivity contribution in [3.8, 4) is 33.5 Å². The Hall–Kier alpha value is -4.96. The van der Waals surface area contributed by atoms with Gasteiger partial charge < -0.3 is 8.83 Å². The molecule has 176 valence electrons. The van der Waals surface area contributed by atoms with Gasteiger partial charge >= 0.3 is 5.63 Å². The first kappa shape index (κ1) is 21.3. The molecule has 7 rings (SSSR count). The highest BCUT2D eigenvalue weighted by Crippen LogP contribution is 2.38. The van der Waals surface area contributed by atoms with Crippen LogP contribution in [0.1, 0.15) is 5.56 Å². The highest BCUT2D eigenvalue weighted by Gasteiger charge is 2.18. The van der Waals surface area contributed by atoms with E-state index in [1.807, 2.05) is 91.9 Å². The molecule has 4 nitrogen and oxygen atoms in total. The summed E-state index contributed by atoms with van der Waals surface area (Å²) in [5, 5.41) is 1.86. The lowest BCUT2D eigenvalue weighted by Crippen LogP contribution is -2.06. The predicted octanol–water partition coefficient (Wildman–Crippen LogP) is 8.40. The van der Waals surface area contributed by atoms with Gasteiger partial charge in [0.15, 0.2) is 5.58 Å². The molecule has 3 heterocycles. The quantitative estimate of drug-likeness (QED) is 0.239. The van der Waals surface area contributed by atoms with E-state index in [4.69, 9.17) is 13.8 Å². The molecule has 0 amide bonds. The molecule has 0 fully saturated rings. The van der Waals surface area contributed by atoms with Crippen LogP contribution < -0.4 is 5.63 Å². The van der Waals surface area contributed by atoms with E-state index in [0.717, 1.165) is 61.0 Å². The Kier molecular flexibility index (Phi) is 4.79. The zero-order valence-electron chi connectivity index (χ0n) is 20.1. The zero-order valence-corrected chi connectivity index (χ0v) is 20.1. The van der Waals surface area contributed by atoms with Crippen molar-refractivity contribution in [3.05, 3.63) is 125 Å². The maximum Gasteiger partial charge on any atom is 0.344 e. The molecule has 0 atom stereocenters. The monoisotopic (exact) mass is 479 g/mol. The molecule has 0 saturated heterocycles. The fourth-order valence-electron chi connectivity index (χ4n) is 5.11. The van der Waals surface area contributed by atoms with Gasteiger partial charge in [0.05, 0.1) is 11.3 Å². The van der Waals surface area contributed by atoms with Gasteiger partial charge in [-0.05, 0) is 60.0 Å². The molecule has 0 aliphatic carbocycles. The van der Waals surface area contributed by atoms with E-state index < -0.39 is 0 Å². The summed E-state index contributed by atoms with van der Waals surface area (Å²) >= 11 is 0. The maximum atomic E-state index is 12.9. The molecule has 0 spiro atoms. The van der Waals surface area contributed by atoms with Crippen LogP contribution in [0.25, 0.3) is 66.5 Å². The highest BCUT2D eigenvalue weighted by atomic mass is 16.4. The van der Waals surface area contributed by atoms with Crippen LogP contribution >= 0.6 is 0 Å². The largest absolute Gasteiger partial charge is 0.454 e. The van der Waals surface area contributed by atoms with Crippen LogP contribution in [-0.2, 0) is 0 Å². The average Bonchev–Trinajstić information content (AvgIpc) is 3.32. The van der Waals surface area contributed by atoms with Gasteiger partial charge in [0, 0.05) is 21.9 Å². The van der Waals surface area contributed by atoms with Gasteiger partial charge in [-0.1, -0.05) is 72.8 Å². The molecule has 0 N–H and O–H groups in total. The molecule has 0 radical (unpaired) electrons. The third kappa shape index (κ3) is 3.46. The Morgan fingerprint density at radius 1 is 0.622 bits per heavy atom. The van der Waals surface area contributed by atoms with Gasteiger partial charge in [-0.15, -0.1) is 0 Å². The Balaban J connectivity index is 1.50. The van der Waals surface area contributed by atoms with Crippen LogP contribution in [0, 0.1) is 6.92 Å². The highest BCUT2D eigenvalue weighted by molar-refractivity contribution is 6.08. The molecule has 0 saturated carbocycles. The number of nitrogens with zero attached hydrogens (tertiary/aromatic N) is 1. The van der Waals surface area contributed by atoms with Gasteiger partial charge in [0.1, 0.15) is 16.7 Å². The summed E-state index contributed by atoms with van der Waals surface area (Å²) in [7, 11) is 0. The number of para-hydroxylation sites is 1. The van der Waals surface area contributed by atoms with E-state index in [-0.39, 0.29) is 5.63 Å². The lowest BCUT2D eigenvalue weighted by Gasteiger charge is -2.11. The fourth-order valence-corrected chi connectivity index (χ4v) is 5.11. The lowest BCUT2D eigenvalue weighted by atomic mass is 9.97. The topological polar surface area (TPSA) is 56.2 Å². The smallest absolute Gasteiger partial charge is 0.344 e. The Labute approximate surface area is 212 Å². The number of aryl methyl sites for hydroxylation is 1. The second-order valence-electron chi connectivity index (χ2n) is 9.16. The van der Waals surface area contributed by atoms with Crippen molar-refractivity contribution in [1.29, 1.82) is 0 Å². The molecule has 0 aliphatic rings. The minimum atomic E-state index is -0.334. The summed E-state index contributed by atoms with van der Waals surface area (Å²) in [5.41, 5.74) is 8.75.